The van der Waals surface area contributed by atoms with Gasteiger partial charge >= 0.3 is 0 Å². The predicted molar refractivity (Wildman–Crippen MR) is 89.0 cm³/mol. The first-order valence-corrected chi connectivity index (χ1v) is 7.81. The first-order valence-electron chi connectivity index (χ1n) is 7.81. The molecule has 2 aromatic rings. The normalized spacial score (nSPS) is 10.9. The Morgan fingerprint density at radius 2 is 1.90 bits per heavy atom. The summed E-state index contributed by atoms with van der Waals surface area (Å²) in [5, 5.41) is 4.72. The Morgan fingerprint density at radius 3 is 2.48 bits per heavy atom. The third-order valence-electron chi connectivity index (χ3n) is 3.83. The molecular formula is C17H26N4. The van der Waals surface area contributed by atoms with Gasteiger partial charge in [0.2, 0.25) is 0 Å². The van der Waals surface area contributed by atoms with Crippen LogP contribution in [0.25, 0.3) is 5.69 Å². The van der Waals surface area contributed by atoms with Crippen molar-refractivity contribution in [2.24, 2.45) is 5.73 Å². The molecule has 0 unspecified atom stereocenters. The van der Waals surface area contributed by atoms with Crippen LogP contribution in [0.15, 0.2) is 30.3 Å². The Bertz CT molecular complexity index is 560. The van der Waals surface area contributed by atoms with Crippen LogP contribution < -0.4 is 10.6 Å². The second-order valence-electron chi connectivity index (χ2n) is 5.27. The second kappa shape index (κ2) is 7.27. The van der Waals surface area contributed by atoms with Crippen molar-refractivity contribution in [2.75, 3.05) is 18.0 Å². The molecule has 2 rings (SSSR count). The molecule has 0 saturated carbocycles. The number of benzene rings is 1. The van der Waals surface area contributed by atoms with Crippen LogP contribution in [0.5, 0.6) is 0 Å². The molecule has 4 heteroatoms. The molecule has 0 atom stereocenters. The summed E-state index contributed by atoms with van der Waals surface area (Å²) in [6.07, 6.45) is 2.36. The molecule has 0 radical (unpaired) electrons. The molecule has 0 spiro atoms. The summed E-state index contributed by atoms with van der Waals surface area (Å²) in [7, 11) is 0. The molecule has 0 aliphatic rings. The van der Waals surface area contributed by atoms with E-state index in [0.717, 1.165) is 35.9 Å². The van der Waals surface area contributed by atoms with Gasteiger partial charge in [-0.25, -0.2) is 4.68 Å². The zero-order chi connectivity index (χ0) is 15.2. The highest BCUT2D eigenvalue weighted by Crippen LogP contribution is 2.27. The van der Waals surface area contributed by atoms with E-state index in [9.17, 15) is 0 Å². The summed E-state index contributed by atoms with van der Waals surface area (Å²) < 4.78 is 2.04. The lowest BCUT2D eigenvalue weighted by Gasteiger charge is -2.25. The van der Waals surface area contributed by atoms with Gasteiger partial charge in [0.05, 0.1) is 11.4 Å². The molecule has 4 nitrogen and oxygen atoms in total. The molecule has 0 aliphatic heterocycles. The van der Waals surface area contributed by atoms with Crippen LogP contribution >= 0.6 is 0 Å². The highest BCUT2D eigenvalue weighted by Gasteiger charge is 2.19. The third-order valence-corrected chi connectivity index (χ3v) is 3.83. The highest BCUT2D eigenvalue weighted by atomic mass is 15.4. The van der Waals surface area contributed by atoms with Crippen molar-refractivity contribution >= 4 is 5.82 Å². The smallest absolute Gasteiger partial charge is 0.137 e. The van der Waals surface area contributed by atoms with Crippen molar-refractivity contribution in [1.29, 1.82) is 0 Å². The number of hydrogen-bond acceptors (Lipinski definition) is 3. The van der Waals surface area contributed by atoms with E-state index in [0.29, 0.717) is 6.54 Å². The number of nitrogens with zero attached hydrogens (tertiary/aromatic N) is 3. The fraction of sp³-hybridized carbons (Fsp3) is 0.471. The first kappa shape index (κ1) is 15.6. The van der Waals surface area contributed by atoms with Crippen LogP contribution in [0, 0.1) is 6.92 Å². The van der Waals surface area contributed by atoms with E-state index in [1.807, 2.05) is 29.8 Å². The lowest BCUT2D eigenvalue weighted by Crippen LogP contribution is -2.27. The van der Waals surface area contributed by atoms with Gasteiger partial charge in [0.15, 0.2) is 0 Å². The van der Waals surface area contributed by atoms with Crippen molar-refractivity contribution in [2.45, 2.75) is 40.2 Å². The number of anilines is 1. The predicted octanol–water partition coefficient (Wildman–Crippen LogP) is 3.27. The van der Waals surface area contributed by atoms with Gasteiger partial charge in [-0.1, -0.05) is 31.5 Å². The molecule has 0 aliphatic carbocycles. The van der Waals surface area contributed by atoms with Gasteiger partial charge in [0, 0.05) is 25.2 Å². The zero-order valence-electron chi connectivity index (χ0n) is 13.3. The molecule has 1 aromatic heterocycles. The van der Waals surface area contributed by atoms with E-state index in [-0.39, 0.29) is 0 Å². The summed E-state index contributed by atoms with van der Waals surface area (Å²) in [5.41, 5.74) is 9.24. The van der Waals surface area contributed by atoms with Crippen LogP contribution in [0.4, 0.5) is 5.82 Å². The summed E-state index contributed by atoms with van der Waals surface area (Å²) in [6.45, 7) is 8.98. The number of para-hydroxylation sites is 1. The Balaban J connectivity index is 2.50. The molecule has 1 heterocycles. The van der Waals surface area contributed by atoms with Gasteiger partial charge in [-0.15, -0.1) is 0 Å². The van der Waals surface area contributed by atoms with Gasteiger partial charge in [-0.2, -0.15) is 5.10 Å². The van der Waals surface area contributed by atoms with Crippen LogP contribution in [0.1, 0.15) is 37.9 Å². The zero-order valence-corrected chi connectivity index (χ0v) is 13.3. The fourth-order valence-corrected chi connectivity index (χ4v) is 2.62. The summed E-state index contributed by atoms with van der Waals surface area (Å²) >= 11 is 0. The van der Waals surface area contributed by atoms with Crippen molar-refractivity contribution in [3.05, 3.63) is 41.6 Å². The Kier molecular flexibility index (Phi) is 5.39. The number of aryl methyl sites for hydroxylation is 1. The molecule has 0 fully saturated rings. The van der Waals surface area contributed by atoms with Crippen molar-refractivity contribution in [3.8, 4) is 5.69 Å². The van der Waals surface area contributed by atoms with Crippen molar-refractivity contribution in [1.82, 2.24) is 9.78 Å². The average molecular weight is 286 g/mol. The summed E-state index contributed by atoms with van der Waals surface area (Å²) in [6, 6.07) is 10.3. The number of rotatable bonds is 7. The Morgan fingerprint density at radius 1 is 1.19 bits per heavy atom. The van der Waals surface area contributed by atoms with Crippen molar-refractivity contribution < 1.29 is 0 Å². The molecule has 114 valence electrons. The standard InChI is InChI=1S/C17H26N4/c1-4-6-12-20(5-2)17-16(13-18)14(3)19-21(17)15-10-8-7-9-11-15/h7-11H,4-6,12-13,18H2,1-3H3. The van der Waals surface area contributed by atoms with Gasteiger partial charge in [-0.05, 0) is 32.4 Å². The van der Waals surface area contributed by atoms with Gasteiger partial charge in [0.1, 0.15) is 5.82 Å². The number of unbranched alkanes of at least 4 members (excludes halogenated alkanes) is 1. The quantitative estimate of drug-likeness (QED) is 0.850. The fourth-order valence-electron chi connectivity index (χ4n) is 2.62. The topological polar surface area (TPSA) is 47.1 Å². The Labute approximate surface area is 127 Å². The lowest BCUT2D eigenvalue weighted by molar-refractivity contribution is 0.702. The molecule has 0 bridgehead atoms. The maximum absolute atomic E-state index is 5.98. The van der Waals surface area contributed by atoms with Crippen LogP contribution in [0.2, 0.25) is 0 Å². The monoisotopic (exact) mass is 286 g/mol. The number of hydrogen-bond donors (Lipinski definition) is 1. The summed E-state index contributed by atoms with van der Waals surface area (Å²) in [4.78, 5) is 2.39. The first-order chi connectivity index (χ1) is 10.2. The lowest BCUT2D eigenvalue weighted by atomic mass is 10.2. The minimum atomic E-state index is 0.524. The van der Waals surface area contributed by atoms with E-state index < -0.39 is 0 Å². The van der Waals surface area contributed by atoms with Gasteiger partial charge in [-0.3, -0.25) is 0 Å². The maximum atomic E-state index is 5.98. The molecule has 2 N–H and O–H groups in total. The SMILES string of the molecule is CCCCN(CC)c1c(CN)c(C)nn1-c1ccccc1. The largest absolute Gasteiger partial charge is 0.357 e. The highest BCUT2D eigenvalue weighted by molar-refractivity contribution is 5.55. The van der Waals surface area contributed by atoms with Crippen molar-refractivity contribution in [3.63, 3.8) is 0 Å². The third kappa shape index (κ3) is 3.27. The average Bonchev–Trinajstić information content (AvgIpc) is 2.86. The van der Waals surface area contributed by atoms with Gasteiger partial charge < -0.3 is 10.6 Å². The van der Waals surface area contributed by atoms with E-state index in [2.05, 4.69) is 30.9 Å². The molecule has 0 saturated heterocycles. The molecule has 1 aromatic carbocycles. The van der Waals surface area contributed by atoms with E-state index in [1.54, 1.807) is 0 Å². The molecule has 0 amide bonds. The minimum absolute atomic E-state index is 0.524. The number of aromatic nitrogens is 2. The van der Waals surface area contributed by atoms with E-state index in [4.69, 9.17) is 10.8 Å². The van der Waals surface area contributed by atoms with Crippen LogP contribution in [0.3, 0.4) is 0 Å². The van der Waals surface area contributed by atoms with Gasteiger partial charge in [0.25, 0.3) is 0 Å². The van der Waals surface area contributed by atoms with Crippen LogP contribution in [-0.2, 0) is 6.54 Å². The summed E-state index contributed by atoms with van der Waals surface area (Å²) in [5.74, 6) is 1.15. The minimum Gasteiger partial charge on any atom is -0.357 e. The van der Waals surface area contributed by atoms with E-state index in [1.165, 1.54) is 12.8 Å². The van der Waals surface area contributed by atoms with E-state index >= 15 is 0 Å². The number of nitrogens with two attached hydrogens (primary N) is 1. The van der Waals surface area contributed by atoms with Crippen LogP contribution in [-0.4, -0.2) is 22.9 Å². The Hall–Kier alpha value is -1.81. The maximum Gasteiger partial charge on any atom is 0.137 e. The molecule has 21 heavy (non-hydrogen) atoms. The molecular weight excluding hydrogens is 260 g/mol. The second-order valence-corrected chi connectivity index (χ2v) is 5.27.